The standard InChI is InChI=1S/C15H20N2O4/c1-10(18)5-7-16(2)15(21)17-8-6-11-9-12(14(19)20)3-4-13(11)17/h3-4,9-10,18H,5-8H2,1-2H3,(H,19,20). The van der Waals surface area contributed by atoms with Gasteiger partial charge in [0.15, 0.2) is 0 Å². The quantitative estimate of drug-likeness (QED) is 0.882. The van der Waals surface area contributed by atoms with E-state index in [1.54, 1.807) is 35.9 Å². The Morgan fingerprint density at radius 3 is 2.76 bits per heavy atom. The van der Waals surface area contributed by atoms with Crippen LogP contribution in [0.1, 0.15) is 29.3 Å². The molecular formula is C15H20N2O4. The first-order valence-electron chi connectivity index (χ1n) is 6.97. The Morgan fingerprint density at radius 1 is 1.43 bits per heavy atom. The molecule has 2 rings (SSSR count). The topological polar surface area (TPSA) is 81.1 Å². The van der Waals surface area contributed by atoms with Gasteiger partial charge >= 0.3 is 12.0 Å². The van der Waals surface area contributed by atoms with E-state index < -0.39 is 12.1 Å². The summed E-state index contributed by atoms with van der Waals surface area (Å²) in [6.45, 7) is 2.72. The summed E-state index contributed by atoms with van der Waals surface area (Å²) in [7, 11) is 1.70. The number of nitrogens with zero attached hydrogens (tertiary/aromatic N) is 2. The lowest BCUT2D eigenvalue weighted by Crippen LogP contribution is -2.41. The number of fused-ring (bicyclic) bond motifs is 1. The van der Waals surface area contributed by atoms with Crippen molar-refractivity contribution in [1.82, 2.24) is 4.90 Å². The highest BCUT2D eigenvalue weighted by Gasteiger charge is 2.27. The first-order chi connectivity index (χ1) is 9.90. The summed E-state index contributed by atoms with van der Waals surface area (Å²) >= 11 is 0. The molecule has 0 fully saturated rings. The first-order valence-corrected chi connectivity index (χ1v) is 6.97. The zero-order valence-corrected chi connectivity index (χ0v) is 12.2. The van der Waals surface area contributed by atoms with Crippen LogP contribution in [0.25, 0.3) is 0 Å². The van der Waals surface area contributed by atoms with E-state index in [4.69, 9.17) is 5.11 Å². The molecule has 1 unspecified atom stereocenters. The molecule has 1 aliphatic heterocycles. The monoisotopic (exact) mass is 292 g/mol. The van der Waals surface area contributed by atoms with Gasteiger partial charge in [-0.3, -0.25) is 4.90 Å². The molecule has 0 saturated heterocycles. The van der Waals surface area contributed by atoms with Crippen LogP contribution in [0.5, 0.6) is 0 Å². The molecular weight excluding hydrogens is 272 g/mol. The highest BCUT2D eigenvalue weighted by molar-refractivity contribution is 5.95. The molecule has 2 N–H and O–H groups in total. The zero-order valence-electron chi connectivity index (χ0n) is 12.2. The number of carbonyl (C=O) groups excluding carboxylic acids is 1. The second-order valence-electron chi connectivity index (χ2n) is 5.39. The van der Waals surface area contributed by atoms with E-state index in [-0.39, 0.29) is 11.6 Å². The number of hydrogen-bond donors (Lipinski definition) is 2. The molecule has 1 aromatic carbocycles. The third-order valence-electron chi connectivity index (χ3n) is 3.66. The summed E-state index contributed by atoms with van der Waals surface area (Å²) in [4.78, 5) is 26.6. The molecule has 1 heterocycles. The number of anilines is 1. The van der Waals surface area contributed by atoms with E-state index in [9.17, 15) is 14.7 Å². The third-order valence-corrected chi connectivity index (χ3v) is 3.66. The van der Waals surface area contributed by atoms with Crippen LogP contribution in [0.2, 0.25) is 0 Å². The Labute approximate surface area is 123 Å². The van der Waals surface area contributed by atoms with E-state index in [1.807, 2.05) is 0 Å². The van der Waals surface area contributed by atoms with Crippen molar-refractivity contribution < 1.29 is 19.8 Å². The van der Waals surface area contributed by atoms with E-state index in [2.05, 4.69) is 0 Å². The van der Waals surface area contributed by atoms with Gasteiger partial charge in [-0.2, -0.15) is 0 Å². The Balaban J connectivity index is 2.11. The predicted octanol–water partition coefficient (Wildman–Crippen LogP) is 1.57. The van der Waals surface area contributed by atoms with Gasteiger partial charge in [0.1, 0.15) is 0 Å². The fourth-order valence-corrected chi connectivity index (χ4v) is 2.42. The molecule has 6 nitrogen and oxygen atoms in total. The van der Waals surface area contributed by atoms with Crippen LogP contribution in [0.3, 0.4) is 0 Å². The van der Waals surface area contributed by atoms with Gasteiger partial charge in [-0.1, -0.05) is 0 Å². The molecule has 21 heavy (non-hydrogen) atoms. The smallest absolute Gasteiger partial charge is 0.335 e. The number of aromatic carboxylic acids is 1. The lowest BCUT2D eigenvalue weighted by atomic mass is 10.1. The molecule has 0 radical (unpaired) electrons. The number of urea groups is 1. The number of carbonyl (C=O) groups is 2. The van der Waals surface area contributed by atoms with Gasteiger partial charge in [0.2, 0.25) is 0 Å². The number of rotatable bonds is 4. The number of amides is 2. The van der Waals surface area contributed by atoms with Gasteiger partial charge in [0, 0.05) is 25.8 Å². The van der Waals surface area contributed by atoms with Gasteiger partial charge in [0.05, 0.1) is 11.7 Å². The lowest BCUT2D eigenvalue weighted by Gasteiger charge is -2.25. The maximum atomic E-state index is 12.4. The number of aliphatic hydroxyl groups excluding tert-OH is 1. The van der Waals surface area contributed by atoms with Crippen LogP contribution in [-0.2, 0) is 6.42 Å². The SMILES string of the molecule is CC(O)CCN(C)C(=O)N1CCc2cc(C(=O)O)ccc21. The fourth-order valence-electron chi connectivity index (χ4n) is 2.42. The van der Waals surface area contributed by atoms with Crippen LogP contribution in [0.4, 0.5) is 10.5 Å². The Bertz CT molecular complexity index is 557. The van der Waals surface area contributed by atoms with Crippen molar-refractivity contribution in [2.75, 3.05) is 25.0 Å². The summed E-state index contributed by atoms with van der Waals surface area (Å²) in [6, 6.07) is 4.70. The molecule has 0 saturated carbocycles. The number of carboxylic acid groups (broad SMARTS) is 1. The average Bonchev–Trinajstić information content (AvgIpc) is 2.86. The molecule has 1 aliphatic rings. The minimum Gasteiger partial charge on any atom is -0.478 e. The van der Waals surface area contributed by atoms with Crippen LogP contribution >= 0.6 is 0 Å². The number of carboxylic acids is 1. The first kappa shape index (κ1) is 15.3. The Morgan fingerprint density at radius 2 is 2.14 bits per heavy atom. The van der Waals surface area contributed by atoms with Gasteiger partial charge < -0.3 is 15.1 Å². The van der Waals surface area contributed by atoms with Gasteiger partial charge in [-0.25, -0.2) is 9.59 Å². The molecule has 114 valence electrons. The third kappa shape index (κ3) is 3.33. The lowest BCUT2D eigenvalue weighted by molar-refractivity contribution is 0.0696. The zero-order chi connectivity index (χ0) is 15.6. The maximum Gasteiger partial charge on any atom is 0.335 e. The molecule has 1 aromatic rings. The second kappa shape index (κ2) is 6.13. The number of aliphatic hydroxyl groups is 1. The highest BCUT2D eigenvalue weighted by Crippen LogP contribution is 2.29. The van der Waals surface area contributed by atoms with Crippen LogP contribution < -0.4 is 4.90 Å². The summed E-state index contributed by atoms with van der Waals surface area (Å²) in [6.07, 6.45) is 0.747. The van der Waals surface area contributed by atoms with Crippen LogP contribution in [-0.4, -0.2) is 53.4 Å². The normalized spacial score (nSPS) is 14.7. The van der Waals surface area contributed by atoms with Crippen molar-refractivity contribution in [3.05, 3.63) is 29.3 Å². The Hall–Kier alpha value is -2.08. The molecule has 0 aromatic heterocycles. The van der Waals surface area contributed by atoms with Crippen LogP contribution in [0, 0.1) is 0 Å². The average molecular weight is 292 g/mol. The van der Waals surface area contributed by atoms with E-state index in [1.165, 1.54) is 6.07 Å². The van der Waals surface area contributed by atoms with Crippen molar-refractivity contribution in [3.63, 3.8) is 0 Å². The fraction of sp³-hybridized carbons (Fsp3) is 0.467. The van der Waals surface area contributed by atoms with Gasteiger partial charge in [-0.05, 0) is 43.5 Å². The number of benzene rings is 1. The minimum absolute atomic E-state index is 0.127. The molecule has 0 spiro atoms. The largest absolute Gasteiger partial charge is 0.478 e. The molecule has 0 bridgehead atoms. The molecule has 0 aliphatic carbocycles. The maximum absolute atomic E-state index is 12.4. The van der Waals surface area contributed by atoms with Crippen molar-refractivity contribution in [2.24, 2.45) is 0 Å². The number of hydrogen-bond acceptors (Lipinski definition) is 3. The summed E-state index contributed by atoms with van der Waals surface area (Å²) < 4.78 is 0. The molecule has 1 atom stereocenters. The van der Waals surface area contributed by atoms with Gasteiger partial charge in [0.25, 0.3) is 0 Å². The van der Waals surface area contributed by atoms with Crippen molar-refractivity contribution in [2.45, 2.75) is 25.9 Å². The van der Waals surface area contributed by atoms with Crippen molar-refractivity contribution in [3.8, 4) is 0 Å². The molecule has 6 heteroatoms. The van der Waals surface area contributed by atoms with E-state index in [0.717, 1.165) is 11.3 Å². The minimum atomic E-state index is -0.961. The van der Waals surface area contributed by atoms with E-state index >= 15 is 0 Å². The second-order valence-corrected chi connectivity index (χ2v) is 5.39. The Kier molecular flexibility index (Phi) is 4.47. The van der Waals surface area contributed by atoms with Crippen LogP contribution in [0.15, 0.2) is 18.2 Å². The van der Waals surface area contributed by atoms with Gasteiger partial charge in [-0.15, -0.1) is 0 Å². The van der Waals surface area contributed by atoms with Crippen molar-refractivity contribution >= 4 is 17.7 Å². The summed E-state index contributed by atoms with van der Waals surface area (Å²) in [5.74, 6) is -0.961. The van der Waals surface area contributed by atoms with E-state index in [0.29, 0.717) is 25.9 Å². The predicted molar refractivity (Wildman–Crippen MR) is 78.8 cm³/mol. The highest BCUT2D eigenvalue weighted by atomic mass is 16.4. The molecule has 2 amide bonds. The summed E-state index contributed by atoms with van der Waals surface area (Å²) in [5, 5.41) is 18.3. The van der Waals surface area contributed by atoms with Crippen molar-refractivity contribution in [1.29, 1.82) is 0 Å². The summed E-state index contributed by atoms with van der Waals surface area (Å²) in [5.41, 5.74) is 1.89.